The van der Waals surface area contributed by atoms with E-state index in [2.05, 4.69) is 15.1 Å². The summed E-state index contributed by atoms with van der Waals surface area (Å²) in [6.45, 7) is 0. The molecule has 0 radical (unpaired) electrons. The van der Waals surface area contributed by atoms with Crippen LogP contribution in [0.4, 0.5) is 0 Å². The summed E-state index contributed by atoms with van der Waals surface area (Å²) in [6, 6.07) is 9.90. The minimum atomic E-state index is -0.469. The number of benzene rings is 1. The van der Waals surface area contributed by atoms with Gasteiger partial charge in [-0.1, -0.05) is 24.3 Å². The summed E-state index contributed by atoms with van der Waals surface area (Å²) in [4.78, 5) is 20.4. The van der Waals surface area contributed by atoms with E-state index in [0.717, 1.165) is 29.3 Å². The predicted octanol–water partition coefficient (Wildman–Crippen LogP) is 1.71. The third kappa shape index (κ3) is 2.40. The lowest BCUT2D eigenvalue weighted by Crippen LogP contribution is -2.24. The van der Waals surface area contributed by atoms with Gasteiger partial charge in [0.1, 0.15) is 0 Å². The summed E-state index contributed by atoms with van der Waals surface area (Å²) in [7, 11) is 0. The Morgan fingerprint density at radius 1 is 1.21 bits per heavy atom. The zero-order valence-electron chi connectivity index (χ0n) is 12.9. The normalized spacial score (nSPS) is 13.8. The minimum absolute atomic E-state index is 0.252. The molecule has 0 aliphatic heterocycles. The molecule has 0 unspecified atom stereocenters. The second-order valence-electron chi connectivity index (χ2n) is 5.83. The van der Waals surface area contributed by atoms with E-state index in [1.807, 2.05) is 30.3 Å². The van der Waals surface area contributed by atoms with Gasteiger partial charge in [0.05, 0.1) is 17.5 Å². The summed E-state index contributed by atoms with van der Waals surface area (Å²) in [6.07, 6.45) is 5.29. The highest BCUT2D eigenvalue weighted by molar-refractivity contribution is 6.03. The van der Waals surface area contributed by atoms with Crippen molar-refractivity contribution in [3.8, 4) is 5.82 Å². The maximum absolute atomic E-state index is 12.3. The van der Waals surface area contributed by atoms with Crippen molar-refractivity contribution in [1.82, 2.24) is 14.8 Å². The molecule has 1 amide bonds. The van der Waals surface area contributed by atoms with Crippen molar-refractivity contribution in [1.29, 1.82) is 0 Å². The monoisotopic (exact) mass is 320 g/mol. The van der Waals surface area contributed by atoms with Crippen LogP contribution in [0, 0.1) is 0 Å². The van der Waals surface area contributed by atoms with Crippen molar-refractivity contribution in [2.75, 3.05) is 0 Å². The molecule has 4 rings (SSSR count). The second-order valence-corrected chi connectivity index (χ2v) is 5.83. The lowest BCUT2D eigenvalue weighted by molar-refractivity contribution is 0.100. The van der Waals surface area contributed by atoms with Crippen LogP contribution in [0.25, 0.3) is 16.6 Å². The van der Waals surface area contributed by atoms with E-state index in [9.17, 15) is 4.79 Å². The fourth-order valence-corrected chi connectivity index (χ4v) is 2.89. The van der Waals surface area contributed by atoms with Gasteiger partial charge >= 0.3 is 0 Å². The Morgan fingerprint density at radius 2 is 2.00 bits per heavy atom. The number of pyridine rings is 1. The number of carbonyl (C=O) groups is 1. The molecule has 2 aromatic heterocycles. The Bertz CT molecular complexity index is 961. The maximum atomic E-state index is 12.3. The molecule has 0 bridgehead atoms. The van der Waals surface area contributed by atoms with Crippen molar-refractivity contribution in [3.05, 3.63) is 54.0 Å². The zero-order chi connectivity index (χ0) is 16.7. The lowest BCUT2D eigenvalue weighted by Gasteiger charge is -2.09. The molecule has 1 aliphatic carbocycles. The van der Waals surface area contributed by atoms with Crippen LogP contribution < -0.4 is 11.5 Å². The smallest absolute Gasteiger partial charge is 0.283 e. The van der Waals surface area contributed by atoms with Crippen molar-refractivity contribution < 1.29 is 4.79 Å². The number of nitrogens with zero attached hydrogens (tertiary/aromatic N) is 4. The second kappa shape index (κ2) is 5.45. The number of hydrogen-bond acceptors (Lipinski definition) is 3. The van der Waals surface area contributed by atoms with E-state index in [0.29, 0.717) is 11.4 Å². The number of aliphatic imine (C=N–C) groups is 1. The Balaban J connectivity index is 1.91. The summed E-state index contributed by atoms with van der Waals surface area (Å²) in [5.41, 5.74) is 11.9. The minimum Gasteiger partial charge on any atom is -0.370 e. The summed E-state index contributed by atoms with van der Waals surface area (Å²) < 4.78 is 1.75. The largest absolute Gasteiger partial charge is 0.370 e. The molecule has 0 spiro atoms. The average molecular weight is 320 g/mol. The van der Waals surface area contributed by atoms with Crippen LogP contribution >= 0.6 is 0 Å². The third-order valence-corrected chi connectivity index (χ3v) is 4.08. The van der Waals surface area contributed by atoms with Crippen molar-refractivity contribution in [3.63, 3.8) is 0 Å². The number of hydrogen-bond donors (Lipinski definition) is 2. The number of rotatable bonds is 3. The van der Waals surface area contributed by atoms with Crippen LogP contribution in [-0.4, -0.2) is 26.6 Å². The lowest BCUT2D eigenvalue weighted by atomic mass is 10.1. The summed E-state index contributed by atoms with van der Waals surface area (Å²) in [5.74, 6) is 0.265. The first-order valence-corrected chi connectivity index (χ1v) is 7.71. The molecule has 1 aromatic carbocycles. The van der Waals surface area contributed by atoms with E-state index in [-0.39, 0.29) is 11.9 Å². The van der Waals surface area contributed by atoms with Gasteiger partial charge in [0, 0.05) is 17.5 Å². The van der Waals surface area contributed by atoms with Gasteiger partial charge in [-0.25, -0.2) is 9.67 Å². The first kappa shape index (κ1) is 14.4. The topological polar surface area (TPSA) is 112 Å². The molecule has 1 aliphatic rings. The van der Waals surface area contributed by atoms with Gasteiger partial charge in [-0.2, -0.15) is 10.1 Å². The van der Waals surface area contributed by atoms with E-state index in [1.54, 1.807) is 10.9 Å². The number of fused-ring (bicyclic) bond motifs is 1. The standard InChI is InChI=1S/C17H16N6O/c18-17(19)22-16(24)13-9-21-23(14(13)11-5-6-11)15-12-4-2-1-3-10(12)7-8-20-15/h1-4,7-9,11H,5-6H2,(H4,18,19,22,24). The molecule has 120 valence electrons. The first-order valence-electron chi connectivity index (χ1n) is 7.71. The van der Waals surface area contributed by atoms with Crippen LogP contribution in [0.1, 0.15) is 34.8 Å². The number of aromatic nitrogens is 3. The highest BCUT2D eigenvalue weighted by Crippen LogP contribution is 2.43. The fourth-order valence-electron chi connectivity index (χ4n) is 2.89. The molecule has 3 aromatic rings. The molecule has 0 saturated heterocycles. The van der Waals surface area contributed by atoms with Gasteiger partial charge in [-0.05, 0) is 24.3 Å². The van der Waals surface area contributed by atoms with Crippen molar-refractivity contribution >= 4 is 22.6 Å². The van der Waals surface area contributed by atoms with Gasteiger partial charge in [-0.3, -0.25) is 4.79 Å². The van der Waals surface area contributed by atoms with E-state index >= 15 is 0 Å². The van der Waals surface area contributed by atoms with Crippen molar-refractivity contribution in [2.24, 2.45) is 16.5 Å². The molecule has 24 heavy (non-hydrogen) atoms. The number of carbonyl (C=O) groups excluding carboxylic acids is 1. The van der Waals surface area contributed by atoms with E-state index in [1.165, 1.54) is 6.20 Å². The maximum Gasteiger partial charge on any atom is 0.283 e. The Hall–Kier alpha value is -3.22. The van der Waals surface area contributed by atoms with Crippen LogP contribution in [0.3, 0.4) is 0 Å². The predicted molar refractivity (Wildman–Crippen MR) is 91.0 cm³/mol. The van der Waals surface area contributed by atoms with Crippen LogP contribution in [0.15, 0.2) is 47.7 Å². The molecule has 0 atom stereocenters. The van der Waals surface area contributed by atoms with Gasteiger partial charge in [-0.15, -0.1) is 0 Å². The van der Waals surface area contributed by atoms with Gasteiger partial charge in [0.2, 0.25) is 0 Å². The Morgan fingerprint density at radius 3 is 2.75 bits per heavy atom. The molecular formula is C17H16N6O. The van der Waals surface area contributed by atoms with Gasteiger partial charge in [0.25, 0.3) is 5.91 Å². The highest BCUT2D eigenvalue weighted by atomic mass is 16.1. The van der Waals surface area contributed by atoms with Crippen LogP contribution in [-0.2, 0) is 0 Å². The first-order chi connectivity index (χ1) is 11.6. The summed E-state index contributed by atoms with van der Waals surface area (Å²) in [5, 5.41) is 6.45. The average Bonchev–Trinajstić information content (AvgIpc) is 3.32. The highest BCUT2D eigenvalue weighted by Gasteiger charge is 2.33. The molecule has 7 heteroatoms. The SMILES string of the molecule is NC(N)=NC(=O)c1cnn(-c2nccc3ccccc23)c1C1CC1. The molecule has 4 N–H and O–H groups in total. The molecule has 1 saturated carbocycles. The number of guanidine groups is 1. The molecule has 1 fully saturated rings. The van der Waals surface area contributed by atoms with Gasteiger partial charge < -0.3 is 11.5 Å². The van der Waals surface area contributed by atoms with Crippen LogP contribution in [0.5, 0.6) is 0 Å². The molecule has 2 heterocycles. The Labute approximate surface area is 138 Å². The number of amides is 1. The number of nitrogens with two attached hydrogens (primary N) is 2. The third-order valence-electron chi connectivity index (χ3n) is 4.08. The van der Waals surface area contributed by atoms with Gasteiger partial charge in [0.15, 0.2) is 11.8 Å². The summed E-state index contributed by atoms with van der Waals surface area (Å²) >= 11 is 0. The fraction of sp³-hybridized carbons (Fsp3) is 0.176. The van der Waals surface area contributed by atoms with E-state index < -0.39 is 5.91 Å². The van der Waals surface area contributed by atoms with Crippen molar-refractivity contribution in [2.45, 2.75) is 18.8 Å². The Kier molecular flexibility index (Phi) is 3.26. The van der Waals surface area contributed by atoms with Crippen LogP contribution in [0.2, 0.25) is 0 Å². The van der Waals surface area contributed by atoms with E-state index in [4.69, 9.17) is 11.5 Å². The molecular weight excluding hydrogens is 304 g/mol. The zero-order valence-corrected chi connectivity index (χ0v) is 12.9. The quantitative estimate of drug-likeness (QED) is 0.563. The molecule has 7 nitrogen and oxygen atoms in total.